The third-order valence-corrected chi connectivity index (χ3v) is 5.10. The summed E-state index contributed by atoms with van der Waals surface area (Å²) in [5.41, 5.74) is 3.28. The van der Waals surface area contributed by atoms with Crippen molar-refractivity contribution in [3.8, 4) is 5.75 Å². The summed E-state index contributed by atoms with van der Waals surface area (Å²) in [7, 11) is 0. The summed E-state index contributed by atoms with van der Waals surface area (Å²) in [6.45, 7) is 6.34. The first-order chi connectivity index (χ1) is 12.7. The molecule has 0 aromatic heterocycles. The fourth-order valence-electron chi connectivity index (χ4n) is 3.92. The average Bonchev–Trinajstić information content (AvgIpc) is 2.78. The van der Waals surface area contributed by atoms with Gasteiger partial charge in [-0.15, -0.1) is 0 Å². The number of amides is 1. The van der Waals surface area contributed by atoms with Gasteiger partial charge in [0.05, 0.1) is 24.0 Å². The minimum atomic E-state index is 0.0875. The van der Waals surface area contributed by atoms with Crippen LogP contribution in [0.2, 0.25) is 0 Å². The lowest BCUT2D eigenvalue weighted by Gasteiger charge is -2.42. The number of nitrogens with zero attached hydrogens (tertiary/aromatic N) is 2. The summed E-state index contributed by atoms with van der Waals surface area (Å²) in [6, 6.07) is 16.7. The summed E-state index contributed by atoms with van der Waals surface area (Å²) in [6.07, 6.45) is 0.518. The zero-order valence-corrected chi connectivity index (χ0v) is 15.1. The van der Waals surface area contributed by atoms with Crippen LogP contribution in [0, 0.1) is 0 Å². The molecule has 0 aliphatic carbocycles. The van der Waals surface area contributed by atoms with Crippen LogP contribution >= 0.6 is 0 Å². The van der Waals surface area contributed by atoms with Gasteiger partial charge in [0.25, 0.3) is 0 Å². The van der Waals surface area contributed by atoms with Gasteiger partial charge in [-0.05, 0) is 24.6 Å². The van der Waals surface area contributed by atoms with E-state index in [0.29, 0.717) is 13.0 Å². The molecule has 5 nitrogen and oxygen atoms in total. The lowest BCUT2D eigenvalue weighted by molar-refractivity contribution is -0.116. The van der Waals surface area contributed by atoms with E-state index in [-0.39, 0.29) is 11.9 Å². The molecule has 2 aromatic carbocycles. The second kappa shape index (κ2) is 7.38. The number of nitrogens with one attached hydrogen (secondary N) is 1. The fraction of sp³-hybridized carbons (Fsp3) is 0.381. The Hall–Kier alpha value is -2.53. The van der Waals surface area contributed by atoms with Crippen molar-refractivity contribution in [1.82, 2.24) is 4.90 Å². The molecule has 1 saturated heterocycles. The fourth-order valence-corrected chi connectivity index (χ4v) is 3.92. The van der Waals surface area contributed by atoms with Crippen LogP contribution in [0.25, 0.3) is 0 Å². The molecule has 2 aliphatic heterocycles. The van der Waals surface area contributed by atoms with Crippen molar-refractivity contribution < 1.29 is 9.53 Å². The molecule has 0 spiro atoms. The van der Waals surface area contributed by atoms with Gasteiger partial charge in [0.15, 0.2) is 0 Å². The third kappa shape index (κ3) is 3.53. The normalized spacial score (nSPS) is 20.0. The molecule has 0 radical (unpaired) electrons. The number of benzene rings is 2. The largest absolute Gasteiger partial charge is 0.494 e. The molecule has 2 heterocycles. The molecule has 5 heteroatoms. The van der Waals surface area contributed by atoms with Crippen LogP contribution < -0.4 is 15.0 Å². The zero-order chi connectivity index (χ0) is 17.9. The van der Waals surface area contributed by atoms with Crippen LogP contribution in [0.15, 0.2) is 48.5 Å². The van der Waals surface area contributed by atoms with Gasteiger partial charge >= 0.3 is 0 Å². The van der Waals surface area contributed by atoms with Gasteiger partial charge in [-0.3, -0.25) is 9.69 Å². The lowest BCUT2D eigenvalue weighted by atomic mass is 10.1. The number of fused-ring (bicyclic) bond motifs is 3. The van der Waals surface area contributed by atoms with Crippen LogP contribution in [-0.2, 0) is 11.3 Å². The highest BCUT2D eigenvalue weighted by Crippen LogP contribution is 2.36. The number of carbonyl (C=O) groups is 1. The van der Waals surface area contributed by atoms with Crippen molar-refractivity contribution in [2.45, 2.75) is 25.9 Å². The van der Waals surface area contributed by atoms with Crippen LogP contribution in [0.5, 0.6) is 5.75 Å². The van der Waals surface area contributed by atoms with Gasteiger partial charge in [0.2, 0.25) is 5.91 Å². The smallest absolute Gasteiger partial charge is 0.226 e. The maximum Gasteiger partial charge on any atom is 0.226 e. The highest BCUT2D eigenvalue weighted by Gasteiger charge is 2.33. The Bertz CT molecular complexity index is 778. The number of hydrogen-bond acceptors (Lipinski definition) is 4. The molecule has 1 atom stereocenters. The van der Waals surface area contributed by atoms with Crippen LogP contribution in [0.4, 0.5) is 11.4 Å². The Kier molecular flexibility index (Phi) is 4.80. The van der Waals surface area contributed by atoms with Gasteiger partial charge in [-0.25, -0.2) is 0 Å². The molecule has 1 N–H and O–H groups in total. The van der Waals surface area contributed by atoms with E-state index in [4.69, 9.17) is 4.74 Å². The number of anilines is 2. The number of hydrogen-bond donors (Lipinski definition) is 1. The van der Waals surface area contributed by atoms with Crippen molar-refractivity contribution in [3.05, 3.63) is 54.1 Å². The summed E-state index contributed by atoms with van der Waals surface area (Å²) in [4.78, 5) is 17.2. The Balaban J connectivity index is 1.56. The monoisotopic (exact) mass is 351 g/mol. The molecular weight excluding hydrogens is 326 g/mol. The summed E-state index contributed by atoms with van der Waals surface area (Å²) in [5.74, 6) is 0.942. The topological polar surface area (TPSA) is 44.8 Å². The Morgan fingerprint density at radius 2 is 2.00 bits per heavy atom. The number of ether oxygens (including phenoxy) is 1. The first kappa shape index (κ1) is 16.9. The van der Waals surface area contributed by atoms with Crippen molar-refractivity contribution in [3.63, 3.8) is 0 Å². The number of carbonyl (C=O) groups excluding carboxylic acids is 1. The molecule has 0 unspecified atom stereocenters. The van der Waals surface area contributed by atoms with Crippen LogP contribution in [0.3, 0.4) is 0 Å². The maximum absolute atomic E-state index is 12.4. The van der Waals surface area contributed by atoms with E-state index in [2.05, 4.69) is 45.4 Å². The molecule has 1 fully saturated rings. The molecular formula is C21H25N3O2. The molecule has 136 valence electrons. The highest BCUT2D eigenvalue weighted by atomic mass is 16.5. The first-order valence-electron chi connectivity index (χ1n) is 9.32. The summed E-state index contributed by atoms with van der Waals surface area (Å²) in [5, 5.41) is 3.06. The van der Waals surface area contributed by atoms with Gasteiger partial charge in [0.1, 0.15) is 5.75 Å². The minimum Gasteiger partial charge on any atom is -0.494 e. The van der Waals surface area contributed by atoms with E-state index in [1.807, 2.05) is 25.1 Å². The van der Waals surface area contributed by atoms with Crippen molar-refractivity contribution in [1.29, 1.82) is 0 Å². The Morgan fingerprint density at radius 3 is 2.81 bits per heavy atom. The Labute approximate surface area is 154 Å². The molecule has 2 aliphatic rings. The lowest BCUT2D eigenvalue weighted by Crippen LogP contribution is -2.53. The van der Waals surface area contributed by atoms with E-state index in [0.717, 1.165) is 43.3 Å². The minimum absolute atomic E-state index is 0.0875. The Morgan fingerprint density at radius 1 is 1.15 bits per heavy atom. The van der Waals surface area contributed by atoms with Crippen LogP contribution in [-0.4, -0.2) is 43.1 Å². The molecule has 1 amide bonds. The summed E-state index contributed by atoms with van der Waals surface area (Å²) < 4.78 is 5.67. The van der Waals surface area contributed by atoms with E-state index >= 15 is 0 Å². The highest BCUT2D eigenvalue weighted by molar-refractivity contribution is 5.97. The van der Waals surface area contributed by atoms with Gasteiger partial charge < -0.3 is 15.0 Å². The van der Waals surface area contributed by atoms with E-state index < -0.39 is 0 Å². The second-order valence-electron chi connectivity index (χ2n) is 6.93. The van der Waals surface area contributed by atoms with Crippen molar-refractivity contribution >= 4 is 17.3 Å². The zero-order valence-electron chi connectivity index (χ0n) is 15.1. The molecule has 4 rings (SSSR count). The predicted octanol–water partition coefficient (Wildman–Crippen LogP) is 3.12. The molecule has 0 saturated carbocycles. The van der Waals surface area contributed by atoms with Crippen LogP contribution in [0.1, 0.15) is 18.9 Å². The second-order valence-corrected chi connectivity index (χ2v) is 6.93. The van der Waals surface area contributed by atoms with Crippen molar-refractivity contribution in [2.75, 3.05) is 36.5 Å². The predicted molar refractivity (Wildman–Crippen MR) is 104 cm³/mol. The average molecular weight is 351 g/mol. The standard InChI is InChI=1S/C21H25N3O2/c1-2-26-18-8-9-19-20(13-18)24-11-10-23(14-16-6-4-3-5-7-16)15-17(24)12-21(25)22-19/h3-9,13,17H,2,10-12,14-15H2,1H3,(H,22,25)/t17-/m0/s1. The van der Waals surface area contributed by atoms with Gasteiger partial charge in [-0.2, -0.15) is 0 Å². The quantitative estimate of drug-likeness (QED) is 0.919. The van der Waals surface area contributed by atoms with E-state index in [1.165, 1.54) is 5.56 Å². The van der Waals surface area contributed by atoms with Gasteiger partial charge in [-0.1, -0.05) is 30.3 Å². The van der Waals surface area contributed by atoms with Crippen molar-refractivity contribution in [2.24, 2.45) is 0 Å². The van der Waals surface area contributed by atoms with Gasteiger partial charge in [0, 0.05) is 38.7 Å². The SMILES string of the molecule is CCOc1ccc2c(c1)N1CCN(Cc3ccccc3)C[C@@H]1CC(=O)N2. The molecule has 26 heavy (non-hydrogen) atoms. The number of rotatable bonds is 4. The molecule has 2 aromatic rings. The first-order valence-corrected chi connectivity index (χ1v) is 9.32. The van der Waals surface area contributed by atoms with E-state index in [9.17, 15) is 4.79 Å². The molecule has 0 bridgehead atoms. The third-order valence-electron chi connectivity index (χ3n) is 5.10. The summed E-state index contributed by atoms with van der Waals surface area (Å²) >= 11 is 0. The number of piperazine rings is 1. The van der Waals surface area contributed by atoms with E-state index in [1.54, 1.807) is 0 Å². The maximum atomic E-state index is 12.4.